The molecular weight excluding hydrogens is 438 g/mol. The number of benzene rings is 1. The molecule has 2 N–H and O–H groups in total. The quantitative estimate of drug-likeness (QED) is 0.492. The molecular formula is C20H27N5O6S. The number of hydrogen-bond donors (Lipinski definition) is 2. The Hall–Kier alpha value is -3.25. The van der Waals surface area contributed by atoms with E-state index in [9.17, 15) is 22.8 Å². The highest BCUT2D eigenvalue weighted by Crippen LogP contribution is 2.16. The molecule has 1 aromatic carbocycles. The van der Waals surface area contributed by atoms with E-state index in [1.165, 1.54) is 33.3 Å². The number of aryl methyl sites for hydroxylation is 2. The average Bonchev–Trinajstić information content (AvgIpc) is 3.07. The van der Waals surface area contributed by atoms with Gasteiger partial charge in [0.2, 0.25) is 10.0 Å². The number of nitrogens with zero attached hydrogens (tertiary/aromatic N) is 3. The van der Waals surface area contributed by atoms with E-state index >= 15 is 0 Å². The third-order valence-corrected chi connectivity index (χ3v) is 6.55. The van der Waals surface area contributed by atoms with Crippen LogP contribution in [0.3, 0.4) is 0 Å². The molecule has 0 atom stereocenters. The molecule has 0 aliphatic carbocycles. The Morgan fingerprint density at radius 1 is 1.12 bits per heavy atom. The van der Waals surface area contributed by atoms with Gasteiger partial charge < -0.3 is 15.4 Å². The van der Waals surface area contributed by atoms with Crippen LogP contribution in [0.25, 0.3) is 0 Å². The third kappa shape index (κ3) is 6.37. The number of anilines is 1. The van der Waals surface area contributed by atoms with Gasteiger partial charge >= 0.3 is 5.97 Å². The van der Waals surface area contributed by atoms with E-state index in [2.05, 4.69) is 15.7 Å². The lowest BCUT2D eigenvalue weighted by Gasteiger charge is -2.18. The van der Waals surface area contributed by atoms with Gasteiger partial charge in [0, 0.05) is 31.8 Å². The van der Waals surface area contributed by atoms with Gasteiger partial charge in [0.1, 0.15) is 12.4 Å². The average molecular weight is 466 g/mol. The minimum absolute atomic E-state index is 0.0757. The van der Waals surface area contributed by atoms with Crippen LogP contribution < -0.4 is 10.6 Å². The molecule has 0 saturated carbocycles. The van der Waals surface area contributed by atoms with Crippen LogP contribution in [-0.4, -0.2) is 66.5 Å². The van der Waals surface area contributed by atoms with E-state index in [0.29, 0.717) is 18.9 Å². The SMILES string of the molecule is CCN(CC)S(=O)(=O)c1ccc(C(=O)NCC(=O)OCC(=O)Nc2cc(C)nn2C)cc1. The predicted molar refractivity (Wildman–Crippen MR) is 116 cm³/mol. The second-order valence-electron chi connectivity index (χ2n) is 6.80. The molecule has 0 fully saturated rings. The molecule has 2 rings (SSSR count). The summed E-state index contributed by atoms with van der Waals surface area (Å²) in [4.78, 5) is 36.0. The summed E-state index contributed by atoms with van der Waals surface area (Å²) in [6.45, 7) is 4.96. The normalized spacial score (nSPS) is 11.3. The number of amides is 2. The van der Waals surface area contributed by atoms with Crippen LogP contribution in [-0.2, 0) is 31.4 Å². The molecule has 0 aliphatic heterocycles. The maximum atomic E-state index is 12.5. The van der Waals surface area contributed by atoms with Crippen molar-refractivity contribution in [2.75, 3.05) is 31.6 Å². The first-order valence-corrected chi connectivity index (χ1v) is 11.4. The molecule has 0 unspecified atom stereocenters. The summed E-state index contributed by atoms with van der Waals surface area (Å²) in [5.41, 5.74) is 0.904. The number of ether oxygens (including phenoxy) is 1. The zero-order valence-electron chi connectivity index (χ0n) is 18.4. The fourth-order valence-electron chi connectivity index (χ4n) is 2.85. The first-order chi connectivity index (χ1) is 15.1. The summed E-state index contributed by atoms with van der Waals surface area (Å²) in [7, 11) is -1.96. The van der Waals surface area contributed by atoms with Gasteiger partial charge in [-0.2, -0.15) is 9.40 Å². The van der Waals surface area contributed by atoms with E-state index in [4.69, 9.17) is 4.74 Å². The summed E-state index contributed by atoms with van der Waals surface area (Å²) < 4.78 is 32.6. The number of rotatable bonds is 10. The summed E-state index contributed by atoms with van der Waals surface area (Å²) in [6, 6.07) is 7.07. The minimum atomic E-state index is -3.62. The zero-order chi connectivity index (χ0) is 23.9. The highest BCUT2D eigenvalue weighted by Gasteiger charge is 2.21. The lowest BCUT2D eigenvalue weighted by Crippen LogP contribution is -2.32. The largest absolute Gasteiger partial charge is 0.454 e. The van der Waals surface area contributed by atoms with Crippen LogP contribution in [0, 0.1) is 6.92 Å². The molecule has 1 aromatic heterocycles. The van der Waals surface area contributed by atoms with Gasteiger partial charge in [-0.3, -0.25) is 19.1 Å². The van der Waals surface area contributed by atoms with Crippen LogP contribution in [0.2, 0.25) is 0 Å². The Kier molecular flexibility index (Phi) is 8.49. The van der Waals surface area contributed by atoms with Crippen LogP contribution >= 0.6 is 0 Å². The van der Waals surface area contributed by atoms with Gasteiger partial charge in [0.05, 0.1) is 10.6 Å². The topological polar surface area (TPSA) is 140 Å². The molecule has 2 aromatic rings. The van der Waals surface area contributed by atoms with Crippen molar-refractivity contribution >= 4 is 33.6 Å². The Bertz CT molecular complexity index is 1070. The lowest BCUT2D eigenvalue weighted by atomic mass is 10.2. The Labute approximate surface area is 186 Å². The number of carbonyl (C=O) groups is 3. The van der Waals surface area contributed by atoms with Crippen LogP contribution in [0.15, 0.2) is 35.2 Å². The van der Waals surface area contributed by atoms with E-state index in [0.717, 1.165) is 5.69 Å². The molecule has 174 valence electrons. The maximum absolute atomic E-state index is 12.5. The van der Waals surface area contributed by atoms with Crippen molar-refractivity contribution in [2.24, 2.45) is 7.05 Å². The minimum Gasteiger partial charge on any atom is -0.454 e. The standard InChI is InChI=1S/C20H27N5O6S/c1-5-25(6-2)32(29,30)16-9-7-15(8-10-16)20(28)21-12-19(27)31-13-18(26)22-17-11-14(3)23-24(17)4/h7-11H,5-6,12-13H2,1-4H3,(H,21,28)(H,22,26). The molecule has 12 heteroatoms. The van der Waals surface area contributed by atoms with Crippen molar-refractivity contribution < 1.29 is 27.5 Å². The monoisotopic (exact) mass is 465 g/mol. The molecule has 0 spiro atoms. The number of aromatic nitrogens is 2. The fourth-order valence-corrected chi connectivity index (χ4v) is 4.31. The fraction of sp³-hybridized carbons (Fsp3) is 0.400. The van der Waals surface area contributed by atoms with Gasteiger partial charge in [0.25, 0.3) is 11.8 Å². The van der Waals surface area contributed by atoms with Gasteiger partial charge in [-0.05, 0) is 31.2 Å². The van der Waals surface area contributed by atoms with Gasteiger partial charge in [-0.15, -0.1) is 0 Å². The molecule has 0 bridgehead atoms. The van der Waals surface area contributed by atoms with Crippen molar-refractivity contribution in [3.63, 3.8) is 0 Å². The second kappa shape index (κ2) is 10.9. The van der Waals surface area contributed by atoms with E-state index in [-0.39, 0.29) is 10.5 Å². The van der Waals surface area contributed by atoms with Crippen molar-refractivity contribution in [1.82, 2.24) is 19.4 Å². The Balaban J connectivity index is 1.83. The molecule has 32 heavy (non-hydrogen) atoms. The maximum Gasteiger partial charge on any atom is 0.325 e. The number of sulfonamides is 1. The van der Waals surface area contributed by atoms with Gasteiger partial charge in [-0.25, -0.2) is 8.42 Å². The number of nitrogens with one attached hydrogen (secondary N) is 2. The predicted octanol–water partition coefficient (Wildman–Crippen LogP) is 0.671. The second-order valence-corrected chi connectivity index (χ2v) is 8.74. The Morgan fingerprint density at radius 3 is 2.28 bits per heavy atom. The van der Waals surface area contributed by atoms with Gasteiger partial charge in [-0.1, -0.05) is 13.8 Å². The molecule has 0 radical (unpaired) electrons. The molecule has 0 saturated heterocycles. The summed E-state index contributed by atoms with van der Waals surface area (Å²) in [5, 5.41) is 9.01. The van der Waals surface area contributed by atoms with Gasteiger partial charge in [0.15, 0.2) is 6.61 Å². The van der Waals surface area contributed by atoms with Crippen molar-refractivity contribution in [1.29, 1.82) is 0 Å². The van der Waals surface area contributed by atoms with E-state index in [1.54, 1.807) is 33.9 Å². The summed E-state index contributed by atoms with van der Waals surface area (Å²) in [6.07, 6.45) is 0. The Morgan fingerprint density at radius 2 is 1.75 bits per heavy atom. The molecule has 1 heterocycles. The highest BCUT2D eigenvalue weighted by atomic mass is 32.2. The van der Waals surface area contributed by atoms with Crippen molar-refractivity contribution in [3.05, 3.63) is 41.6 Å². The third-order valence-electron chi connectivity index (χ3n) is 4.49. The first-order valence-electron chi connectivity index (χ1n) is 9.93. The molecule has 11 nitrogen and oxygen atoms in total. The van der Waals surface area contributed by atoms with E-state index in [1.807, 2.05) is 0 Å². The first kappa shape index (κ1) is 25.0. The molecule has 0 aliphatic rings. The van der Waals surface area contributed by atoms with Crippen molar-refractivity contribution in [2.45, 2.75) is 25.7 Å². The number of carbonyl (C=O) groups excluding carboxylic acids is 3. The molecule has 2 amide bonds. The van der Waals surface area contributed by atoms with Crippen LogP contribution in [0.1, 0.15) is 29.9 Å². The van der Waals surface area contributed by atoms with Crippen molar-refractivity contribution in [3.8, 4) is 0 Å². The van der Waals surface area contributed by atoms with Crippen LogP contribution in [0.4, 0.5) is 5.82 Å². The lowest BCUT2D eigenvalue weighted by molar-refractivity contribution is -0.146. The highest BCUT2D eigenvalue weighted by molar-refractivity contribution is 7.89. The summed E-state index contributed by atoms with van der Waals surface area (Å²) in [5.74, 6) is -1.46. The number of esters is 1. The number of hydrogen-bond acceptors (Lipinski definition) is 7. The summed E-state index contributed by atoms with van der Waals surface area (Å²) >= 11 is 0. The smallest absolute Gasteiger partial charge is 0.325 e. The zero-order valence-corrected chi connectivity index (χ0v) is 19.2. The van der Waals surface area contributed by atoms with E-state index < -0.39 is 41.0 Å². The van der Waals surface area contributed by atoms with Crippen LogP contribution in [0.5, 0.6) is 0 Å².